The van der Waals surface area contributed by atoms with Gasteiger partial charge in [-0.3, -0.25) is 10.4 Å². The third-order valence-electron chi connectivity index (χ3n) is 3.25. The summed E-state index contributed by atoms with van der Waals surface area (Å²) in [6, 6.07) is 6.37. The van der Waals surface area contributed by atoms with Crippen molar-refractivity contribution in [3.63, 3.8) is 0 Å². The van der Waals surface area contributed by atoms with Crippen LogP contribution in [0.1, 0.15) is 5.56 Å². The Labute approximate surface area is 135 Å². The predicted octanol–water partition coefficient (Wildman–Crippen LogP) is 2.60. The van der Waals surface area contributed by atoms with Crippen molar-refractivity contribution < 1.29 is 27.4 Å². The van der Waals surface area contributed by atoms with Gasteiger partial charge in [-0.05, 0) is 12.1 Å². The zero-order valence-electron chi connectivity index (χ0n) is 12.8. The summed E-state index contributed by atoms with van der Waals surface area (Å²) < 4.78 is 51.1. The number of hydrogen-bond donors (Lipinski definition) is 3. The van der Waals surface area contributed by atoms with Crippen molar-refractivity contribution in [2.24, 2.45) is 0 Å². The number of halogens is 3. The maximum absolute atomic E-state index is 13.9. The molecule has 10 heteroatoms. The van der Waals surface area contributed by atoms with Crippen LogP contribution in [0.15, 0.2) is 36.5 Å². The van der Waals surface area contributed by atoms with Gasteiger partial charge in [0.2, 0.25) is 5.66 Å². The van der Waals surface area contributed by atoms with Crippen LogP contribution in [0.25, 0.3) is 0 Å². The molecule has 0 bridgehead atoms. The van der Waals surface area contributed by atoms with E-state index < -0.39 is 17.9 Å². The fourth-order valence-electron chi connectivity index (χ4n) is 2.05. The van der Waals surface area contributed by atoms with Crippen LogP contribution in [0.2, 0.25) is 0 Å². The number of alkyl carbamates (subject to hydrolysis) is 1. The number of nitrogens with one attached hydrogen (secondary N) is 3. The van der Waals surface area contributed by atoms with Crippen molar-refractivity contribution >= 4 is 11.9 Å². The third-order valence-corrected chi connectivity index (χ3v) is 3.25. The number of benzene rings is 1. The number of aromatic amines is 1. The molecule has 24 heavy (non-hydrogen) atoms. The third kappa shape index (κ3) is 3.36. The summed E-state index contributed by atoms with van der Waals surface area (Å²) in [6.45, 7) is 0. The molecule has 1 heterocycles. The smallest absolute Gasteiger partial charge is 0.435 e. The monoisotopic (exact) mass is 344 g/mol. The lowest BCUT2D eigenvalue weighted by atomic mass is 9.98. The predicted molar refractivity (Wildman–Crippen MR) is 78.5 cm³/mol. The van der Waals surface area contributed by atoms with Crippen molar-refractivity contribution in [1.82, 2.24) is 15.5 Å². The van der Waals surface area contributed by atoms with Gasteiger partial charge in [0.25, 0.3) is 0 Å². The Bertz CT molecular complexity index is 674. The Morgan fingerprint density at radius 1 is 1.17 bits per heavy atom. The highest BCUT2D eigenvalue weighted by molar-refractivity contribution is 5.69. The number of nitrogens with zero attached hydrogens (tertiary/aromatic N) is 1. The van der Waals surface area contributed by atoms with E-state index in [2.05, 4.69) is 20.3 Å². The van der Waals surface area contributed by atoms with E-state index in [1.807, 2.05) is 5.32 Å². The van der Waals surface area contributed by atoms with Gasteiger partial charge in [-0.2, -0.15) is 18.3 Å². The Morgan fingerprint density at radius 3 is 2.29 bits per heavy atom. The second-order valence-corrected chi connectivity index (χ2v) is 4.69. The molecule has 7 nitrogen and oxygen atoms in total. The lowest BCUT2D eigenvalue weighted by Crippen LogP contribution is -2.61. The van der Waals surface area contributed by atoms with Crippen LogP contribution >= 0.6 is 0 Å². The molecule has 0 spiro atoms. The van der Waals surface area contributed by atoms with Gasteiger partial charge in [0.05, 0.1) is 20.4 Å². The zero-order valence-corrected chi connectivity index (χ0v) is 12.8. The summed E-state index contributed by atoms with van der Waals surface area (Å²) in [5, 5.41) is 10.0. The lowest BCUT2D eigenvalue weighted by molar-refractivity contribution is -0.189. The molecule has 1 atom stereocenters. The first-order valence-corrected chi connectivity index (χ1v) is 6.67. The number of methoxy groups -OCH3 is 2. The van der Waals surface area contributed by atoms with Gasteiger partial charge in [-0.1, -0.05) is 12.1 Å². The topological polar surface area (TPSA) is 88.3 Å². The average molecular weight is 344 g/mol. The van der Waals surface area contributed by atoms with Crippen LogP contribution in [0.3, 0.4) is 0 Å². The van der Waals surface area contributed by atoms with Crippen molar-refractivity contribution in [3.05, 3.63) is 42.1 Å². The van der Waals surface area contributed by atoms with Crippen molar-refractivity contribution in [1.29, 1.82) is 0 Å². The van der Waals surface area contributed by atoms with Crippen LogP contribution in [0.5, 0.6) is 5.75 Å². The number of carbonyl (C=O) groups is 1. The summed E-state index contributed by atoms with van der Waals surface area (Å²) in [5.41, 5.74) is -3.20. The number of amides is 1. The largest absolute Gasteiger partial charge is 0.497 e. The molecule has 0 saturated carbocycles. The second-order valence-electron chi connectivity index (χ2n) is 4.69. The molecule has 0 aliphatic rings. The van der Waals surface area contributed by atoms with Gasteiger partial charge in [0.1, 0.15) is 11.6 Å². The molecule has 0 saturated heterocycles. The van der Waals surface area contributed by atoms with E-state index in [0.717, 1.165) is 7.11 Å². The minimum Gasteiger partial charge on any atom is -0.497 e. The fraction of sp³-hybridized carbons (Fsp3) is 0.286. The molecule has 0 fully saturated rings. The van der Waals surface area contributed by atoms with E-state index in [4.69, 9.17) is 4.74 Å². The van der Waals surface area contributed by atoms with Gasteiger partial charge >= 0.3 is 12.3 Å². The molecule has 0 radical (unpaired) electrons. The van der Waals surface area contributed by atoms with Crippen molar-refractivity contribution in [2.45, 2.75) is 11.8 Å². The summed E-state index contributed by atoms with van der Waals surface area (Å²) in [7, 11) is 2.36. The van der Waals surface area contributed by atoms with E-state index in [1.54, 1.807) is 0 Å². The molecule has 2 aromatic rings. The highest BCUT2D eigenvalue weighted by atomic mass is 19.4. The molecule has 1 amide bonds. The average Bonchev–Trinajstić information content (AvgIpc) is 3.06. The molecule has 3 N–H and O–H groups in total. The number of ether oxygens (including phenoxy) is 2. The molecule has 0 aliphatic carbocycles. The molecular weight excluding hydrogens is 329 g/mol. The first-order valence-electron chi connectivity index (χ1n) is 6.67. The first kappa shape index (κ1) is 17.4. The standard InChI is InChI=1S/C14H15F3N4O3/c1-23-10-5-3-9(4-6-10)13(14(15,16)17,20-12(22)24-2)19-11-7-8-18-21-11/h3-8H,1-2H3,(H,20,22)(H2,18,19,21). The quantitative estimate of drug-likeness (QED) is 0.726. The molecule has 1 aromatic heterocycles. The van der Waals surface area contributed by atoms with Crippen LogP contribution in [-0.4, -0.2) is 36.7 Å². The molecule has 130 valence electrons. The van der Waals surface area contributed by atoms with Gasteiger partial charge in [-0.15, -0.1) is 0 Å². The second kappa shape index (κ2) is 6.69. The highest BCUT2D eigenvalue weighted by Gasteiger charge is 2.58. The summed E-state index contributed by atoms with van der Waals surface area (Å²) in [6.07, 6.45) is -4.88. The zero-order chi connectivity index (χ0) is 17.8. The normalized spacial score (nSPS) is 13.7. The number of H-pyrrole nitrogens is 1. The van der Waals surface area contributed by atoms with Crippen LogP contribution in [0.4, 0.5) is 23.8 Å². The summed E-state index contributed by atoms with van der Waals surface area (Å²) >= 11 is 0. The van der Waals surface area contributed by atoms with Crippen LogP contribution in [-0.2, 0) is 10.4 Å². The summed E-state index contributed by atoms with van der Waals surface area (Å²) in [5.74, 6) is 0.328. The molecule has 0 aliphatic heterocycles. The number of carbonyl (C=O) groups excluding carboxylic acids is 1. The van der Waals surface area contributed by atoms with E-state index >= 15 is 0 Å². The number of anilines is 1. The highest BCUT2D eigenvalue weighted by Crippen LogP contribution is 2.40. The minimum atomic E-state index is -4.90. The van der Waals surface area contributed by atoms with Gasteiger partial charge in [-0.25, -0.2) is 4.79 Å². The number of alkyl halides is 3. The maximum atomic E-state index is 13.9. The molecule has 1 aromatic carbocycles. The Morgan fingerprint density at radius 2 is 1.83 bits per heavy atom. The lowest BCUT2D eigenvalue weighted by Gasteiger charge is -2.37. The van der Waals surface area contributed by atoms with Gasteiger partial charge in [0.15, 0.2) is 0 Å². The number of hydrogen-bond acceptors (Lipinski definition) is 5. The van der Waals surface area contributed by atoms with E-state index in [-0.39, 0.29) is 11.4 Å². The minimum absolute atomic E-state index is 0.0421. The first-order chi connectivity index (χ1) is 11.3. The Hall–Kier alpha value is -2.91. The van der Waals surface area contributed by atoms with Gasteiger partial charge in [0, 0.05) is 11.6 Å². The van der Waals surface area contributed by atoms with E-state index in [1.165, 1.54) is 43.6 Å². The van der Waals surface area contributed by atoms with Crippen molar-refractivity contribution in [3.8, 4) is 5.75 Å². The van der Waals surface area contributed by atoms with Crippen molar-refractivity contribution in [2.75, 3.05) is 19.5 Å². The SMILES string of the molecule is COC(=O)NC(Nc1ccn[nH]1)(c1ccc(OC)cc1)C(F)(F)F. The molecular formula is C14H15F3N4O3. The van der Waals surface area contributed by atoms with Crippen LogP contribution < -0.4 is 15.4 Å². The van der Waals surface area contributed by atoms with E-state index in [0.29, 0.717) is 5.75 Å². The Balaban J connectivity index is 2.56. The Kier molecular flexibility index (Phi) is 4.86. The van der Waals surface area contributed by atoms with E-state index in [9.17, 15) is 18.0 Å². The number of aromatic nitrogens is 2. The molecule has 2 rings (SSSR count). The number of rotatable bonds is 5. The van der Waals surface area contributed by atoms with Gasteiger partial charge < -0.3 is 14.8 Å². The maximum Gasteiger partial charge on any atom is 0.435 e. The molecule has 1 unspecified atom stereocenters. The fourth-order valence-corrected chi connectivity index (χ4v) is 2.05. The van der Waals surface area contributed by atoms with Crippen LogP contribution in [0, 0.1) is 0 Å². The summed E-state index contributed by atoms with van der Waals surface area (Å²) in [4.78, 5) is 11.6.